The van der Waals surface area contributed by atoms with Crippen molar-refractivity contribution in [1.82, 2.24) is 19.9 Å². The van der Waals surface area contributed by atoms with E-state index in [9.17, 15) is 4.79 Å². The molecule has 0 saturated carbocycles. The van der Waals surface area contributed by atoms with E-state index in [1.165, 1.54) is 0 Å². The summed E-state index contributed by atoms with van der Waals surface area (Å²) in [6.45, 7) is 2.15. The van der Waals surface area contributed by atoms with E-state index >= 15 is 0 Å². The molecule has 2 aromatic heterocycles. The predicted octanol–water partition coefficient (Wildman–Crippen LogP) is 2.51. The van der Waals surface area contributed by atoms with Crippen molar-refractivity contribution in [2.75, 3.05) is 6.54 Å². The average molecular weight is 345 g/mol. The molecule has 124 valence electrons. The van der Waals surface area contributed by atoms with Crippen LogP contribution in [0.5, 0.6) is 5.75 Å². The molecule has 6 nitrogen and oxygen atoms in total. The molecule has 7 heteroatoms. The van der Waals surface area contributed by atoms with E-state index in [4.69, 9.17) is 16.3 Å². The molecule has 3 aromatic rings. The molecule has 0 saturated heterocycles. The number of nitrogens with zero attached hydrogens (tertiary/aromatic N) is 3. The number of rotatable bonds is 6. The monoisotopic (exact) mass is 344 g/mol. The highest BCUT2D eigenvalue weighted by atomic mass is 35.5. The summed E-state index contributed by atoms with van der Waals surface area (Å²) in [5, 5.41) is 11.6. The van der Waals surface area contributed by atoms with Crippen molar-refractivity contribution in [3.05, 3.63) is 59.5 Å². The zero-order chi connectivity index (χ0) is 16.9. The number of carbonyl (C=O) groups excluding carboxylic acids is 1. The fraction of sp³-hybridized carbons (Fsp3) is 0.235. The molecule has 0 aliphatic carbocycles. The van der Waals surface area contributed by atoms with E-state index in [-0.39, 0.29) is 5.91 Å². The van der Waals surface area contributed by atoms with Gasteiger partial charge in [0.1, 0.15) is 11.6 Å². The molecule has 1 amide bonds. The number of aromatic nitrogens is 3. The zero-order valence-electron chi connectivity index (χ0n) is 13.1. The number of ether oxygens (including phenoxy) is 1. The minimum absolute atomic E-state index is 0.191. The van der Waals surface area contributed by atoms with Crippen molar-refractivity contribution in [2.24, 2.45) is 0 Å². The first-order valence-electron chi connectivity index (χ1n) is 7.62. The summed E-state index contributed by atoms with van der Waals surface area (Å²) in [5.41, 5.74) is 0.788. The lowest BCUT2D eigenvalue weighted by atomic mass is 10.3. The van der Waals surface area contributed by atoms with Crippen molar-refractivity contribution < 1.29 is 9.53 Å². The van der Waals surface area contributed by atoms with Gasteiger partial charge in [0.25, 0.3) is 5.91 Å². The molecule has 1 N–H and O–H groups in total. The lowest BCUT2D eigenvalue weighted by Crippen LogP contribution is -2.37. The number of pyridine rings is 1. The summed E-state index contributed by atoms with van der Waals surface area (Å²) in [6.07, 6.45) is 1.87. The Hall–Kier alpha value is -2.60. The maximum atomic E-state index is 12.1. The van der Waals surface area contributed by atoms with Gasteiger partial charge in [0.2, 0.25) is 0 Å². The molecule has 24 heavy (non-hydrogen) atoms. The molecular formula is C17H17ClN4O2. The molecule has 0 radical (unpaired) electrons. The summed E-state index contributed by atoms with van der Waals surface area (Å²) < 4.78 is 7.49. The Morgan fingerprint density at radius 3 is 3.00 bits per heavy atom. The van der Waals surface area contributed by atoms with E-state index in [1.807, 2.05) is 28.8 Å². The Labute approximate surface area is 144 Å². The van der Waals surface area contributed by atoms with Crippen LogP contribution in [0.4, 0.5) is 0 Å². The summed E-state index contributed by atoms with van der Waals surface area (Å²) in [7, 11) is 0. The highest BCUT2D eigenvalue weighted by molar-refractivity contribution is 6.30. The quantitative estimate of drug-likeness (QED) is 0.746. The molecule has 1 aromatic carbocycles. The Morgan fingerprint density at radius 2 is 2.17 bits per heavy atom. The maximum absolute atomic E-state index is 12.1. The third kappa shape index (κ3) is 3.83. The van der Waals surface area contributed by atoms with E-state index in [0.29, 0.717) is 23.7 Å². The highest BCUT2D eigenvalue weighted by Crippen LogP contribution is 2.18. The van der Waals surface area contributed by atoms with Crippen LogP contribution >= 0.6 is 11.6 Å². The Balaban J connectivity index is 1.51. The molecule has 0 bridgehead atoms. The number of halogens is 1. The summed E-state index contributed by atoms with van der Waals surface area (Å²) in [6, 6.07) is 12.7. The topological polar surface area (TPSA) is 68.5 Å². The first-order chi connectivity index (χ1) is 11.6. The first kappa shape index (κ1) is 16.3. The number of benzene rings is 1. The van der Waals surface area contributed by atoms with E-state index in [1.54, 1.807) is 31.2 Å². The predicted molar refractivity (Wildman–Crippen MR) is 91.2 cm³/mol. The third-order valence-electron chi connectivity index (χ3n) is 3.51. The van der Waals surface area contributed by atoms with Gasteiger partial charge >= 0.3 is 0 Å². The normalized spacial score (nSPS) is 12.1. The molecule has 0 aliphatic heterocycles. The van der Waals surface area contributed by atoms with Crippen LogP contribution in [0, 0.1) is 0 Å². The first-order valence-corrected chi connectivity index (χ1v) is 8.00. The maximum Gasteiger partial charge on any atom is 0.260 e. The van der Waals surface area contributed by atoms with Crippen LogP contribution in [-0.4, -0.2) is 33.2 Å². The molecule has 0 unspecified atom stereocenters. The minimum Gasteiger partial charge on any atom is -0.481 e. The SMILES string of the molecule is C[C@H](Oc1cccc(Cl)c1)C(=O)NCCc1nnc2ccccn12. The number of carbonyl (C=O) groups is 1. The second-order valence-electron chi connectivity index (χ2n) is 5.30. The van der Waals surface area contributed by atoms with Gasteiger partial charge in [-0.1, -0.05) is 23.7 Å². The van der Waals surface area contributed by atoms with Gasteiger partial charge in [0.05, 0.1) is 0 Å². The summed E-state index contributed by atoms with van der Waals surface area (Å²) in [5.74, 6) is 1.17. The molecule has 0 fully saturated rings. The number of nitrogens with one attached hydrogen (secondary N) is 1. The smallest absolute Gasteiger partial charge is 0.260 e. The highest BCUT2D eigenvalue weighted by Gasteiger charge is 2.14. The molecular weight excluding hydrogens is 328 g/mol. The van der Waals surface area contributed by atoms with Crippen LogP contribution in [0.1, 0.15) is 12.7 Å². The van der Waals surface area contributed by atoms with E-state index in [0.717, 1.165) is 11.5 Å². The zero-order valence-corrected chi connectivity index (χ0v) is 13.9. The lowest BCUT2D eigenvalue weighted by molar-refractivity contribution is -0.127. The van der Waals surface area contributed by atoms with Crippen LogP contribution in [0.2, 0.25) is 5.02 Å². The number of amides is 1. The Kier molecular flexibility index (Phi) is 4.96. The summed E-state index contributed by atoms with van der Waals surface area (Å²) in [4.78, 5) is 12.1. The van der Waals surface area contributed by atoms with Gasteiger partial charge in [-0.15, -0.1) is 10.2 Å². The fourth-order valence-corrected chi connectivity index (χ4v) is 2.48. The number of hydrogen-bond acceptors (Lipinski definition) is 4. The van der Waals surface area contributed by atoms with Crippen molar-refractivity contribution in [1.29, 1.82) is 0 Å². The van der Waals surface area contributed by atoms with E-state index in [2.05, 4.69) is 15.5 Å². The number of fused-ring (bicyclic) bond motifs is 1. The van der Waals surface area contributed by atoms with Gasteiger partial charge < -0.3 is 10.1 Å². The van der Waals surface area contributed by atoms with Gasteiger partial charge in [-0.25, -0.2) is 0 Å². The summed E-state index contributed by atoms with van der Waals surface area (Å²) >= 11 is 5.90. The van der Waals surface area contributed by atoms with Crippen molar-refractivity contribution in [3.63, 3.8) is 0 Å². The lowest BCUT2D eigenvalue weighted by Gasteiger charge is -2.14. The van der Waals surface area contributed by atoms with Crippen LogP contribution < -0.4 is 10.1 Å². The van der Waals surface area contributed by atoms with Crippen molar-refractivity contribution >= 4 is 23.2 Å². The second-order valence-corrected chi connectivity index (χ2v) is 5.74. The fourth-order valence-electron chi connectivity index (χ4n) is 2.30. The van der Waals surface area contributed by atoms with Gasteiger partial charge in [0.15, 0.2) is 11.8 Å². The van der Waals surface area contributed by atoms with Crippen LogP contribution in [0.15, 0.2) is 48.7 Å². The molecule has 0 aliphatic rings. The van der Waals surface area contributed by atoms with Crippen LogP contribution in [0.25, 0.3) is 5.65 Å². The van der Waals surface area contributed by atoms with E-state index < -0.39 is 6.10 Å². The standard InChI is InChI=1S/C17H17ClN4O2/c1-12(24-14-6-4-5-13(18)11-14)17(23)19-9-8-16-21-20-15-7-2-3-10-22(15)16/h2-7,10-12H,8-9H2,1H3,(H,19,23)/t12-/m0/s1. The number of hydrogen-bond donors (Lipinski definition) is 1. The van der Waals surface area contributed by atoms with Crippen molar-refractivity contribution in [3.8, 4) is 5.75 Å². The van der Waals surface area contributed by atoms with Crippen LogP contribution in [-0.2, 0) is 11.2 Å². The Bertz CT molecular complexity index is 849. The second kappa shape index (κ2) is 7.31. The average Bonchev–Trinajstić information content (AvgIpc) is 2.98. The van der Waals surface area contributed by atoms with Crippen LogP contribution in [0.3, 0.4) is 0 Å². The molecule has 2 heterocycles. The minimum atomic E-state index is -0.612. The molecule has 1 atom stereocenters. The van der Waals surface area contributed by atoms with Gasteiger partial charge in [-0.3, -0.25) is 9.20 Å². The molecule has 3 rings (SSSR count). The van der Waals surface area contributed by atoms with Crippen molar-refractivity contribution in [2.45, 2.75) is 19.4 Å². The van der Waals surface area contributed by atoms with Gasteiger partial charge in [-0.05, 0) is 37.3 Å². The Morgan fingerprint density at radius 1 is 1.29 bits per heavy atom. The van der Waals surface area contributed by atoms with Gasteiger partial charge in [-0.2, -0.15) is 0 Å². The van der Waals surface area contributed by atoms with Gasteiger partial charge in [0, 0.05) is 24.2 Å². The molecule has 0 spiro atoms. The third-order valence-corrected chi connectivity index (χ3v) is 3.75. The largest absolute Gasteiger partial charge is 0.481 e.